The topological polar surface area (TPSA) is 74.8 Å². The average molecular weight is 391 g/mol. The van der Waals surface area contributed by atoms with Gasteiger partial charge in [-0.05, 0) is 29.7 Å². The number of rotatable bonds is 3. The summed E-state index contributed by atoms with van der Waals surface area (Å²) >= 11 is 0. The number of H-pyrrole nitrogens is 1. The zero-order valence-electron chi connectivity index (χ0n) is 13.6. The smallest absolute Gasteiger partial charge is 0.334 e. The van der Waals surface area contributed by atoms with Gasteiger partial charge in [-0.2, -0.15) is 13.2 Å². The van der Waals surface area contributed by atoms with E-state index in [9.17, 15) is 21.6 Å². The number of hydrogen-bond acceptors (Lipinski definition) is 3. The average Bonchev–Trinajstić information content (AvgIpc) is 3.04. The van der Waals surface area contributed by atoms with Gasteiger partial charge in [-0.3, -0.25) is 4.72 Å². The number of hydrogen-bond donors (Lipinski definition) is 2. The summed E-state index contributed by atoms with van der Waals surface area (Å²) < 4.78 is 66.3. The number of benzene rings is 3. The number of anilines is 1. The summed E-state index contributed by atoms with van der Waals surface area (Å²) in [6, 6.07) is 15.9. The Balaban J connectivity index is 1.74. The third kappa shape index (κ3) is 3.21. The molecule has 4 rings (SSSR count). The lowest BCUT2D eigenvalue weighted by Gasteiger charge is -2.10. The Kier molecular flexibility index (Phi) is 3.84. The number of nitrogens with zero attached hydrogens (tertiary/aromatic N) is 1. The summed E-state index contributed by atoms with van der Waals surface area (Å²) in [6.07, 6.45) is -4.61. The van der Waals surface area contributed by atoms with Crippen LogP contribution in [0.1, 0.15) is 5.82 Å². The summed E-state index contributed by atoms with van der Waals surface area (Å²) in [5.74, 6) is -1.13. The molecule has 0 spiro atoms. The van der Waals surface area contributed by atoms with Crippen molar-refractivity contribution in [2.45, 2.75) is 11.1 Å². The van der Waals surface area contributed by atoms with Crippen molar-refractivity contribution in [3.8, 4) is 0 Å². The maximum Gasteiger partial charge on any atom is 0.449 e. The second-order valence-corrected chi connectivity index (χ2v) is 7.55. The normalized spacial score (nSPS) is 12.6. The van der Waals surface area contributed by atoms with Gasteiger partial charge in [0.05, 0.1) is 21.6 Å². The van der Waals surface area contributed by atoms with Gasteiger partial charge in [0.2, 0.25) is 5.82 Å². The third-order valence-corrected chi connectivity index (χ3v) is 5.48. The maximum absolute atomic E-state index is 12.8. The Hall–Kier alpha value is -3.07. The Morgan fingerprint density at radius 1 is 0.963 bits per heavy atom. The maximum atomic E-state index is 12.8. The monoisotopic (exact) mass is 391 g/mol. The molecule has 2 N–H and O–H groups in total. The molecule has 4 aromatic rings. The molecule has 0 aliphatic carbocycles. The molecule has 0 fully saturated rings. The van der Waals surface area contributed by atoms with Crippen LogP contribution in [0.4, 0.5) is 18.9 Å². The van der Waals surface area contributed by atoms with Gasteiger partial charge in [-0.15, -0.1) is 0 Å². The van der Waals surface area contributed by atoms with Crippen molar-refractivity contribution in [2.24, 2.45) is 0 Å². The molecule has 138 valence electrons. The predicted molar refractivity (Wildman–Crippen MR) is 95.9 cm³/mol. The highest BCUT2D eigenvalue weighted by atomic mass is 32.2. The minimum atomic E-state index is -4.61. The summed E-state index contributed by atoms with van der Waals surface area (Å²) in [7, 11) is -3.94. The number of aromatic nitrogens is 2. The van der Waals surface area contributed by atoms with Gasteiger partial charge in [-0.25, -0.2) is 13.4 Å². The number of nitrogens with one attached hydrogen (secondary N) is 2. The molecule has 0 unspecified atom stereocenters. The zero-order chi connectivity index (χ0) is 19.2. The van der Waals surface area contributed by atoms with Gasteiger partial charge < -0.3 is 4.98 Å². The van der Waals surface area contributed by atoms with E-state index in [0.29, 0.717) is 5.39 Å². The first kappa shape index (κ1) is 17.3. The quantitative estimate of drug-likeness (QED) is 0.539. The Morgan fingerprint density at radius 2 is 1.70 bits per heavy atom. The lowest BCUT2D eigenvalue weighted by Crippen LogP contribution is -2.13. The van der Waals surface area contributed by atoms with E-state index in [-0.39, 0.29) is 21.6 Å². The fraction of sp³-hybridized carbons (Fsp3) is 0.0556. The largest absolute Gasteiger partial charge is 0.449 e. The van der Waals surface area contributed by atoms with Crippen LogP contribution in [0.25, 0.3) is 21.8 Å². The Labute approximate surface area is 151 Å². The van der Waals surface area contributed by atoms with Crippen molar-refractivity contribution in [3.05, 3.63) is 66.5 Å². The highest BCUT2D eigenvalue weighted by molar-refractivity contribution is 7.93. The van der Waals surface area contributed by atoms with E-state index in [1.807, 2.05) is 0 Å². The molecule has 5 nitrogen and oxygen atoms in total. The van der Waals surface area contributed by atoms with Gasteiger partial charge >= 0.3 is 6.18 Å². The SMILES string of the molecule is O=S(=O)(Nc1ccc2nc(C(F)(F)F)[nH]c2c1)c1cccc2ccccc12. The van der Waals surface area contributed by atoms with Gasteiger partial charge in [-0.1, -0.05) is 36.4 Å². The van der Waals surface area contributed by atoms with Crippen LogP contribution in [0, 0.1) is 0 Å². The van der Waals surface area contributed by atoms with E-state index in [2.05, 4.69) is 14.7 Å². The van der Waals surface area contributed by atoms with E-state index in [1.54, 1.807) is 36.4 Å². The van der Waals surface area contributed by atoms with Gasteiger partial charge in [0.25, 0.3) is 10.0 Å². The van der Waals surface area contributed by atoms with E-state index >= 15 is 0 Å². The van der Waals surface area contributed by atoms with Crippen LogP contribution in [-0.4, -0.2) is 18.4 Å². The number of fused-ring (bicyclic) bond motifs is 2. The zero-order valence-corrected chi connectivity index (χ0v) is 14.4. The second-order valence-electron chi connectivity index (χ2n) is 5.90. The molecular weight excluding hydrogens is 379 g/mol. The molecule has 0 saturated carbocycles. The molecule has 0 bridgehead atoms. The number of imidazole rings is 1. The first-order valence-electron chi connectivity index (χ1n) is 7.82. The number of aromatic amines is 1. The predicted octanol–water partition coefficient (Wildman–Crippen LogP) is 4.54. The van der Waals surface area contributed by atoms with Crippen LogP contribution in [0.15, 0.2) is 65.6 Å². The van der Waals surface area contributed by atoms with Crippen molar-refractivity contribution >= 4 is 37.5 Å². The molecular formula is C18H12F3N3O2S. The Morgan fingerprint density at radius 3 is 2.48 bits per heavy atom. The molecule has 9 heteroatoms. The van der Waals surface area contributed by atoms with Crippen LogP contribution >= 0.6 is 0 Å². The number of sulfonamides is 1. The van der Waals surface area contributed by atoms with Crippen LogP contribution < -0.4 is 4.72 Å². The summed E-state index contributed by atoms with van der Waals surface area (Å²) in [5, 5.41) is 1.31. The van der Waals surface area contributed by atoms with E-state index < -0.39 is 22.0 Å². The van der Waals surface area contributed by atoms with Gasteiger partial charge in [0, 0.05) is 5.39 Å². The summed E-state index contributed by atoms with van der Waals surface area (Å²) in [4.78, 5) is 5.71. The number of halogens is 3. The minimum Gasteiger partial charge on any atom is -0.334 e. The molecule has 3 aromatic carbocycles. The lowest BCUT2D eigenvalue weighted by atomic mass is 10.1. The Bertz CT molecular complexity index is 1260. The van der Waals surface area contributed by atoms with Gasteiger partial charge in [0.1, 0.15) is 0 Å². The fourth-order valence-corrected chi connectivity index (χ4v) is 4.13. The van der Waals surface area contributed by atoms with Gasteiger partial charge in [0.15, 0.2) is 0 Å². The van der Waals surface area contributed by atoms with Crippen molar-refractivity contribution in [3.63, 3.8) is 0 Å². The van der Waals surface area contributed by atoms with Crippen molar-refractivity contribution < 1.29 is 21.6 Å². The highest BCUT2D eigenvalue weighted by Crippen LogP contribution is 2.30. The molecule has 0 saturated heterocycles. The first-order valence-corrected chi connectivity index (χ1v) is 9.30. The van der Waals surface area contributed by atoms with E-state index in [0.717, 1.165) is 5.39 Å². The van der Waals surface area contributed by atoms with E-state index in [4.69, 9.17) is 0 Å². The highest BCUT2D eigenvalue weighted by Gasteiger charge is 2.34. The molecule has 1 aromatic heterocycles. The molecule has 0 aliphatic rings. The van der Waals surface area contributed by atoms with Crippen LogP contribution in [0.3, 0.4) is 0 Å². The van der Waals surface area contributed by atoms with Crippen molar-refractivity contribution in [1.29, 1.82) is 0 Å². The fourth-order valence-electron chi connectivity index (χ4n) is 2.85. The molecule has 0 atom stereocenters. The van der Waals surface area contributed by atoms with Crippen LogP contribution in [0.5, 0.6) is 0 Å². The lowest BCUT2D eigenvalue weighted by molar-refractivity contribution is -0.144. The summed E-state index contributed by atoms with van der Waals surface area (Å²) in [5.41, 5.74) is 0.309. The molecule has 0 amide bonds. The molecule has 0 aliphatic heterocycles. The van der Waals surface area contributed by atoms with Crippen molar-refractivity contribution in [1.82, 2.24) is 9.97 Å². The first-order chi connectivity index (χ1) is 12.7. The molecule has 1 heterocycles. The second kappa shape index (κ2) is 5.98. The van der Waals surface area contributed by atoms with E-state index in [1.165, 1.54) is 24.3 Å². The third-order valence-electron chi connectivity index (χ3n) is 4.04. The molecule has 0 radical (unpaired) electrons. The number of alkyl halides is 3. The molecule has 27 heavy (non-hydrogen) atoms. The summed E-state index contributed by atoms with van der Waals surface area (Å²) in [6.45, 7) is 0. The van der Waals surface area contributed by atoms with Crippen molar-refractivity contribution in [2.75, 3.05) is 4.72 Å². The standard InChI is InChI=1S/C18H12F3N3O2S/c19-18(20,21)17-22-14-9-8-12(10-15(14)23-17)24-27(25,26)16-7-3-5-11-4-1-2-6-13(11)16/h1-10,24H,(H,22,23). The van der Waals surface area contributed by atoms with Crippen LogP contribution in [-0.2, 0) is 16.2 Å². The minimum absolute atomic E-state index is 0.0837. The van der Waals surface area contributed by atoms with Crippen LogP contribution in [0.2, 0.25) is 0 Å².